The summed E-state index contributed by atoms with van der Waals surface area (Å²) in [7, 11) is 0. The van der Waals surface area contributed by atoms with Gasteiger partial charge in [-0.1, -0.05) is 31.5 Å². The molecule has 0 aliphatic heterocycles. The predicted molar refractivity (Wildman–Crippen MR) is 78.4 cm³/mol. The van der Waals surface area contributed by atoms with Crippen molar-refractivity contribution in [3.8, 4) is 0 Å². The molecule has 3 heteroatoms. The summed E-state index contributed by atoms with van der Waals surface area (Å²) in [5, 5.41) is 11.6. The second-order valence-electron chi connectivity index (χ2n) is 5.91. The molecule has 0 fully saturated rings. The summed E-state index contributed by atoms with van der Waals surface area (Å²) < 4.78 is 0. The van der Waals surface area contributed by atoms with E-state index in [4.69, 9.17) is 5.11 Å². The second-order valence-corrected chi connectivity index (χ2v) is 5.91. The lowest BCUT2D eigenvalue weighted by molar-refractivity contribution is -0.121. The van der Waals surface area contributed by atoms with Gasteiger partial charge in [0.25, 0.3) is 0 Å². The van der Waals surface area contributed by atoms with Crippen LogP contribution in [0.1, 0.15) is 42.5 Å². The van der Waals surface area contributed by atoms with Crippen molar-refractivity contribution < 1.29 is 9.90 Å². The highest BCUT2D eigenvalue weighted by atomic mass is 16.3. The molecule has 0 bridgehead atoms. The molecule has 0 atom stereocenters. The Morgan fingerprint density at radius 3 is 2.21 bits per heavy atom. The summed E-state index contributed by atoms with van der Waals surface area (Å²) in [5.41, 5.74) is 4.96. The number of aryl methyl sites for hydroxylation is 3. The lowest BCUT2D eigenvalue weighted by Gasteiger charge is -2.29. The van der Waals surface area contributed by atoms with E-state index in [0.29, 0.717) is 6.54 Å². The zero-order valence-corrected chi connectivity index (χ0v) is 12.6. The fraction of sp³-hybridized carbons (Fsp3) is 0.562. The van der Waals surface area contributed by atoms with Crippen molar-refractivity contribution in [2.45, 2.75) is 46.5 Å². The normalized spacial score (nSPS) is 11.5. The zero-order chi connectivity index (χ0) is 14.6. The highest BCUT2D eigenvalue weighted by Crippen LogP contribution is 2.29. The molecule has 0 spiro atoms. The third-order valence-electron chi connectivity index (χ3n) is 3.42. The van der Waals surface area contributed by atoms with Gasteiger partial charge in [-0.3, -0.25) is 4.79 Å². The summed E-state index contributed by atoms with van der Waals surface area (Å²) in [6.07, 6.45) is 0.169. The molecular formula is C16H25NO2. The lowest BCUT2D eigenvalue weighted by atomic mass is 9.78. The molecule has 0 aliphatic carbocycles. The monoisotopic (exact) mass is 263 g/mol. The van der Waals surface area contributed by atoms with Gasteiger partial charge in [0.05, 0.1) is 6.61 Å². The number of carbonyl (C=O) groups is 1. The molecule has 19 heavy (non-hydrogen) atoms. The van der Waals surface area contributed by atoms with Gasteiger partial charge in [-0.15, -0.1) is 0 Å². The summed E-state index contributed by atoms with van der Waals surface area (Å²) in [6.45, 7) is 11.1. The van der Waals surface area contributed by atoms with Crippen LogP contribution in [0.15, 0.2) is 12.1 Å². The lowest BCUT2D eigenvalue weighted by Crippen LogP contribution is -2.37. The molecule has 1 rings (SSSR count). The van der Waals surface area contributed by atoms with Gasteiger partial charge in [0.15, 0.2) is 0 Å². The maximum Gasteiger partial charge on any atom is 0.222 e. The van der Waals surface area contributed by atoms with Gasteiger partial charge >= 0.3 is 0 Å². The van der Waals surface area contributed by atoms with E-state index in [9.17, 15) is 4.79 Å². The highest BCUT2D eigenvalue weighted by molar-refractivity contribution is 5.76. The van der Waals surface area contributed by atoms with E-state index in [2.05, 4.69) is 52.1 Å². The molecule has 0 saturated carbocycles. The molecule has 3 nitrogen and oxygen atoms in total. The topological polar surface area (TPSA) is 49.3 Å². The van der Waals surface area contributed by atoms with Crippen molar-refractivity contribution >= 4 is 5.91 Å². The van der Waals surface area contributed by atoms with E-state index in [1.165, 1.54) is 22.3 Å². The fourth-order valence-corrected chi connectivity index (χ4v) is 2.85. The molecule has 0 heterocycles. The zero-order valence-electron chi connectivity index (χ0n) is 12.6. The molecule has 0 aliphatic rings. The maximum atomic E-state index is 11.5. The van der Waals surface area contributed by atoms with Gasteiger partial charge in [0, 0.05) is 18.4 Å². The minimum absolute atomic E-state index is 0.0991. The third kappa shape index (κ3) is 4.06. The smallest absolute Gasteiger partial charge is 0.222 e. The van der Waals surface area contributed by atoms with Crippen LogP contribution in [0.4, 0.5) is 0 Å². The van der Waals surface area contributed by atoms with Gasteiger partial charge < -0.3 is 10.4 Å². The van der Waals surface area contributed by atoms with E-state index in [-0.39, 0.29) is 24.3 Å². The van der Waals surface area contributed by atoms with Crippen LogP contribution in [-0.4, -0.2) is 24.2 Å². The Labute approximate surface area is 116 Å². The van der Waals surface area contributed by atoms with Crippen LogP contribution >= 0.6 is 0 Å². The molecule has 1 amide bonds. The van der Waals surface area contributed by atoms with Crippen molar-refractivity contribution in [3.63, 3.8) is 0 Å². The summed E-state index contributed by atoms with van der Waals surface area (Å²) >= 11 is 0. The number of amides is 1. The van der Waals surface area contributed by atoms with Gasteiger partial charge in [0.1, 0.15) is 0 Å². The van der Waals surface area contributed by atoms with Gasteiger partial charge in [0.2, 0.25) is 5.91 Å². The number of carbonyl (C=O) groups excluding carboxylic acids is 1. The first-order chi connectivity index (χ1) is 8.77. The van der Waals surface area contributed by atoms with Crippen molar-refractivity contribution in [3.05, 3.63) is 34.4 Å². The van der Waals surface area contributed by atoms with E-state index in [0.717, 1.165) is 0 Å². The number of nitrogens with one attached hydrogen (secondary N) is 1. The molecule has 0 radical (unpaired) electrons. The molecule has 106 valence electrons. The maximum absolute atomic E-state index is 11.5. The summed E-state index contributed by atoms with van der Waals surface area (Å²) in [5.74, 6) is -0.0991. The third-order valence-corrected chi connectivity index (χ3v) is 3.42. The Kier molecular flexibility index (Phi) is 5.12. The van der Waals surface area contributed by atoms with Crippen LogP contribution in [0.2, 0.25) is 0 Å². The minimum Gasteiger partial charge on any atom is -0.396 e. The number of aliphatic hydroxyl groups is 1. The predicted octanol–water partition coefficient (Wildman–Crippen LogP) is 2.39. The summed E-state index contributed by atoms with van der Waals surface area (Å²) in [4.78, 5) is 11.5. The molecule has 1 aromatic rings. The minimum atomic E-state index is -0.118. The summed E-state index contributed by atoms with van der Waals surface area (Å²) in [6, 6.07) is 4.36. The number of hydrogen-bond donors (Lipinski definition) is 2. The van der Waals surface area contributed by atoms with E-state index in [1.54, 1.807) is 0 Å². The fourth-order valence-electron chi connectivity index (χ4n) is 2.85. The Balaban J connectivity index is 2.91. The Morgan fingerprint density at radius 1 is 1.21 bits per heavy atom. The van der Waals surface area contributed by atoms with Crippen molar-refractivity contribution in [2.75, 3.05) is 13.2 Å². The van der Waals surface area contributed by atoms with Gasteiger partial charge in [-0.2, -0.15) is 0 Å². The molecule has 0 saturated heterocycles. The van der Waals surface area contributed by atoms with Crippen LogP contribution in [-0.2, 0) is 10.2 Å². The number of rotatable bonds is 5. The molecule has 0 unspecified atom stereocenters. The molecular weight excluding hydrogens is 238 g/mol. The van der Waals surface area contributed by atoms with Crippen molar-refractivity contribution in [1.82, 2.24) is 5.32 Å². The van der Waals surface area contributed by atoms with Crippen molar-refractivity contribution in [1.29, 1.82) is 0 Å². The Bertz CT molecular complexity index is 441. The van der Waals surface area contributed by atoms with E-state index in [1.807, 2.05) is 0 Å². The van der Waals surface area contributed by atoms with Crippen LogP contribution in [0.25, 0.3) is 0 Å². The van der Waals surface area contributed by atoms with E-state index >= 15 is 0 Å². The standard InChI is InChI=1S/C16H25NO2/c1-11-8-12(2)15(13(3)9-11)16(4,5)10-17-14(19)6-7-18/h8-9,18H,6-7,10H2,1-5H3,(H,17,19). The molecule has 2 N–H and O–H groups in total. The largest absolute Gasteiger partial charge is 0.396 e. The average molecular weight is 263 g/mol. The molecule has 0 aromatic heterocycles. The Morgan fingerprint density at radius 2 is 1.74 bits per heavy atom. The second kappa shape index (κ2) is 6.20. The first-order valence-electron chi connectivity index (χ1n) is 6.74. The Hall–Kier alpha value is -1.35. The number of benzene rings is 1. The average Bonchev–Trinajstić information content (AvgIpc) is 2.25. The van der Waals surface area contributed by atoms with Gasteiger partial charge in [-0.05, 0) is 37.5 Å². The highest BCUT2D eigenvalue weighted by Gasteiger charge is 2.25. The molecule has 1 aromatic carbocycles. The first kappa shape index (κ1) is 15.7. The quantitative estimate of drug-likeness (QED) is 0.857. The van der Waals surface area contributed by atoms with Crippen LogP contribution in [0.5, 0.6) is 0 Å². The van der Waals surface area contributed by atoms with Crippen LogP contribution in [0, 0.1) is 20.8 Å². The SMILES string of the molecule is Cc1cc(C)c(C(C)(C)CNC(=O)CCO)c(C)c1. The van der Waals surface area contributed by atoms with Crippen LogP contribution in [0.3, 0.4) is 0 Å². The van der Waals surface area contributed by atoms with Gasteiger partial charge in [-0.25, -0.2) is 0 Å². The first-order valence-corrected chi connectivity index (χ1v) is 6.74. The van der Waals surface area contributed by atoms with Crippen molar-refractivity contribution in [2.24, 2.45) is 0 Å². The van der Waals surface area contributed by atoms with E-state index < -0.39 is 0 Å². The number of hydrogen-bond acceptors (Lipinski definition) is 2. The van der Waals surface area contributed by atoms with Crippen LogP contribution < -0.4 is 5.32 Å². The number of aliphatic hydroxyl groups excluding tert-OH is 1.